The predicted molar refractivity (Wildman–Crippen MR) is 91.4 cm³/mol. The fourth-order valence-electron chi connectivity index (χ4n) is 2.76. The molecule has 0 aromatic carbocycles. The first-order valence-electron chi connectivity index (χ1n) is 8.00. The lowest BCUT2D eigenvalue weighted by Crippen LogP contribution is -2.49. The summed E-state index contributed by atoms with van der Waals surface area (Å²) in [4.78, 5) is 15.1. The highest BCUT2D eigenvalue weighted by Crippen LogP contribution is 2.20. The van der Waals surface area contributed by atoms with Crippen molar-refractivity contribution < 1.29 is 8.42 Å². The quantitative estimate of drug-likeness (QED) is 0.828. The van der Waals surface area contributed by atoms with Crippen LogP contribution < -0.4 is 4.90 Å². The Bertz CT molecular complexity index is 802. The second-order valence-electron chi connectivity index (χ2n) is 5.70. The predicted octanol–water partition coefficient (Wildman–Crippen LogP) is 1.25. The van der Waals surface area contributed by atoms with E-state index < -0.39 is 10.0 Å². The van der Waals surface area contributed by atoms with Crippen LogP contribution in [0.15, 0.2) is 35.5 Å². The van der Waals surface area contributed by atoms with Gasteiger partial charge in [0.25, 0.3) is 0 Å². The Kier molecular flexibility index (Phi) is 4.77. The monoisotopic (exact) mass is 347 g/mol. The van der Waals surface area contributed by atoms with Gasteiger partial charge in [-0.05, 0) is 25.5 Å². The molecule has 3 rings (SSSR count). The van der Waals surface area contributed by atoms with Crippen molar-refractivity contribution in [2.45, 2.75) is 25.2 Å². The molecule has 8 heteroatoms. The molecule has 24 heavy (non-hydrogen) atoms. The molecule has 0 aliphatic carbocycles. The minimum absolute atomic E-state index is 0.240. The number of nitrogens with zero attached hydrogens (tertiary/aromatic N) is 5. The zero-order valence-electron chi connectivity index (χ0n) is 13.9. The van der Waals surface area contributed by atoms with Crippen LogP contribution in [0.4, 0.5) is 5.82 Å². The summed E-state index contributed by atoms with van der Waals surface area (Å²) in [7, 11) is -3.48. The average molecular weight is 347 g/mol. The number of aromatic nitrogens is 3. The van der Waals surface area contributed by atoms with Crippen LogP contribution in [0.1, 0.15) is 18.4 Å². The molecule has 0 bridgehead atoms. The number of rotatable bonds is 4. The molecule has 2 aromatic heterocycles. The van der Waals surface area contributed by atoms with E-state index in [2.05, 4.69) is 26.8 Å². The molecule has 0 radical (unpaired) electrons. The van der Waals surface area contributed by atoms with Crippen LogP contribution in [0.3, 0.4) is 0 Å². The largest absolute Gasteiger partial charge is 0.354 e. The zero-order chi connectivity index (χ0) is 17.2. The van der Waals surface area contributed by atoms with Gasteiger partial charge in [-0.3, -0.25) is 4.98 Å². The Hall–Kier alpha value is -2.06. The van der Waals surface area contributed by atoms with Gasteiger partial charge in [0.15, 0.2) is 0 Å². The highest BCUT2D eigenvalue weighted by Gasteiger charge is 2.29. The summed E-state index contributed by atoms with van der Waals surface area (Å²) < 4.78 is 26.8. The third kappa shape index (κ3) is 3.39. The van der Waals surface area contributed by atoms with Crippen LogP contribution in [0, 0.1) is 6.92 Å². The summed E-state index contributed by atoms with van der Waals surface area (Å²) in [6, 6.07) is 5.20. The van der Waals surface area contributed by atoms with E-state index in [-0.39, 0.29) is 4.90 Å². The van der Waals surface area contributed by atoms with Crippen LogP contribution in [-0.2, 0) is 16.4 Å². The lowest BCUT2D eigenvalue weighted by Gasteiger charge is -2.34. The molecular weight excluding hydrogens is 326 g/mol. The van der Waals surface area contributed by atoms with E-state index in [1.807, 2.05) is 13.0 Å². The van der Waals surface area contributed by atoms with Crippen LogP contribution in [0.2, 0.25) is 0 Å². The fourth-order valence-corrected chi connectivity index (χ4v) is 4.15. The first-order valence-corrected chi connectivity index (χ1v) is 9.44. The molecule has 0 N–H and O–H groups in total. The van der Waals surface area contributed by atoms with Crippen molar-refractivity contribution in [1.29, 1.82) is 0 Å². The standard InChI is InChI=1S/C16H21N5O2S/c1-3-14-11-16(19-13(2)18-14)20-7-9-21(10-8-20)24(22,23)15-5-4-6-17-12-15/h4-6,11-12H,3,7-10H2,1-2H3. The highest BCUT2D eigenvalue weighted by atomic mass is 32.2. The Morgan fingerprint density at radius 2 is 1.92 bits per heavy atom. The molecule has 0 spiro atoms. The number of aryl methyl sites for hydroxylation is 2. The van der Waals surface area contributed by atoms with Crippen molar-refractivity contribution in [1.82, 2.24) is 19.3 Å². The molecule has 0 atom stereocenters. The summed E-state index contributed by atoms with van der Waals surface area (Å²) in [5.41, 5.74) is 1.00. The van der Waals surface area contributed by atoms with E-state index in [9.17, 15) is 8.42 Å². The number of pyridine rings is 1. The molecule has 1 saturated heterocycles. The Morgan fingerprint density at radius 3 is 2.54 bits per heavy atom. The SMILES string of the molecule is CCc1cc(N2CCN(S(=O)(=O)c3cccnc3)CC2)nc(C)n1. The normalized spacial score (nSPS) is 16.3. The van der Waals surface area contributed by atoms with Gasteiger partial charge in [0.05, 0.1) is 0 Å². The van der Waals surface area contributed by atoms with Gasteiger partial charge in [0.1, 0.15) is 16.5 Å². The number of hydrogen-bond acceptors (Lipinski definition) is 6. The molecule has 128 valence electrons. The van der Waals surface area contributed by atoms with E-state index in [1.165, 1.54) is 10.5 Å². The third-order valence-electron chi connectivity index (χ3n) is 4.07. The molecule has 7 nitrogen and oxygen atoms in total. The van der Waals surface area contributed by atoms with Gasteiger partial charge in [0.2, 0.25) is 10.0 Å². The van der Waals surface area contributed by atoms with E-state index >= 15 is 0 Å². The minimum atomic E-state index is -3.48. The van der Waals surface area contributed by atoms with Gasteiger partial charge in [-0.2, -0.15) is 4.31 Å². The molecule has 3 heterocycles. The second kappa shape index (κ2) is 6.82. The van der Waals surface area contributed by atoms with Crippen LogP contribution in [-0.4, -0.2) is 53.9 Å². The summed E-state index contributed by atoms with van der Waals surface area (Å²) in [6.45, 7) is 6.03. The topological polar surface area (TPSA) is 79.3 Å². The first-order chi connectivity index (χ1) is 11.5. The summed E-state index contributed by atoms with van der Waals surface area (Å²) in [5.74, 6) is 1.62. The Morgan fingerprint density at radius 1 is 1.17 bits per heavy atom. The molecular formula is C16H21N5O2S. The number of anilines is 1. The smallest absolute Gasteiger partial charge is 0.244 e. The Labute approximate surface area is 142 Å². The van der Waals surface area contributed by atoms with Crippen molar-refractivity contribution in [2.24, 2.45) is 0 Å². The van der Waals surface area contributed by atoms with Crippen LogP contribution >= 0.6 is 0 Å². The maximum absolute atomic E-state index is 12.6. The first kappa shape index (κ1) is 16.8. The fraction of sp³-hybridized carbons (Fsp3) is 0.438. The van der Waals surface area contributed by atoms with Crippen molar-refractivity contribution in [3.8, 4) is 0 Å². The second-order valence-corrected chi connectivity index (χ2v) is 7.64. The number of piperazine rings is 1. The van der Waals surface area contributed by atoms with Gasteiger partial charge in [-0.25, -0.2) is 18.4 Å². The molecule has 1 fully saturated rings. The van der Waals surface area contributed by atoms with E-state index in [4.69, 9.17) is 0 Å². The number of sulfonamides is 1. The third-order valence-corrected chi connectivity index (χ3v) is 5.96. The highest BCUT2D eigenvalue weighted by molar-refractivity contribution is 7.89. The molecule has 1 aliphatic rings. The Balaban J connectivity index is 1.73. The average Bonchev–Trinajstić information content (AvgIpc) is 2.62. The molecule has 1 aliphatic heterocycles. The lowest BCUT2D eigenvalue weighted by molar-refractivity contribution is 0.383. The van der Waals surface area contributed by atoms with Gasteiger partial charge < -0.3 is 4.90 Å². The van der Waals surface area contributed by atoms with Crippen molar-refractivity contribution in [2.75, 3.05) is 31.1 Å². The summed E-state index contributed by atoms with van der Waals surface area (Å²) in [5, 5.41) is 0. The van der Waals surface area contributed by atoms with Crippen molar-refractivity contribution in [3.05, 3.63) is 42.1 Å². The van der Waals surface area contributed by atoms with E-state index in [1.54, 1.807) is 18.3 Å². The van der Waals surface area contributed by atoms with E-state index in [0.29, 0.717) is 26.2 Å². The maximum atomic E-state index is 12.6. The maximum Gasteiger partial charge on any atom is 0.244 e. The van der Waals surface area contributed by atoms with Crippen molar-refractivity contribution in [3.63, 3.8) is 0 Å². The van der Waals surface area contributed by atoms with Crippen LogP contribution in [0.5, 0.6) is 0 Å². The summed E-state index contributed by atoms with van der Waals surface area (Å²) >= 11 is 0. The summed E-state index contributed by atoms with van der Waals surface area (Å²) in [6.07, 6.45) is 3.81. The van der Waals surface area contributed by atoms with Crippen molar-refractivity contribution >= 4 is 15.8 Å². The van der Waals surface area contributed by atoms with Gasteiger partial charge >= 0.3 is 0 Å². The number of hydrogen-bond donors (Lipinski definition) is 0. The lowest BCUT2D eigenvalue weighted by atomic mass is 10.3. The molecule has 2 aromatic rings. The minimum Gasteiger partial charge on any atom is -0.354 e. The van der Waals surface area contributed by atoms with Gasteiger partial charge in [0, 0.05) is 50.3 Å². The van der Waals surface area contributed by atoms with Gasteiger partial charge in [-0.1, -0.05) is 6.92 Å². The zero-order valence-corrected chi connectivity index (χ0v) is 14.7. The molecule has 0 amide bonds. The molecule has 0 saturated carbocycles. The van der Waals surface area contributed by atoms with Crippen LogP contribution in [0.25, 0.3) is 0 Å². The van der Waals surface area contributed by atoms with E-state index in [0.717, 1.165) is 23.8 Å². The molecule has 0 unspecified atom stereocenters. The van der Waals surface area contributed by atoms with Gasteiger partial charge in [-0.15, -0.1) is 0 Å².